The van der Waals surface area contributed by atoms with Gasteiger partial charge in [0, 0.05) is 23.1 Å². The maximum absolute atomic E-state index is 13.5. The van der Waals surface area contributed by atoms with Gasteiger partial charge >= 0.3 is 0 Å². The van der Waals surface area contributed by atoms with Gasteiger partial charge in [0.05, 0.1) is 11.4 Å². The predicted molar refractivity (Wildman–Crippen MR) is 136 cm³/mol. The SMILES string of the molecule is CC(C)[C@@H]1CC[C@@H](C)c2c(-c3cccc4ccccc34)nn(C(=O)/C=C\c3ccccc3)c21. The molecule has 0 saturated heterocycles. The van der Waals surface area contributed by atoms with E-state index in [2.05, 4.69) is 63.2 Å². The van der Waals surface area contributed by atoms with Crippen molar-refractivity contribution in [3.05, 3.63) is 95.7 Å². The molecule has 5 rings (SSSR count). The van der Waals surface area contributed by atoms with Crippen LogP contribution >= 0.6 is 0 Å². The third-order valence-corrected chi connectivity index (χ3v) is 6.99. The molecule has 0 bridgehead atoms. The van der Waals surface area contributed by atoms with Crippen LogP contribution in [0, 0.1) is 5.92 Å². The van der Waals surface area contributed by atoms with Crippen molar-refractivity contribution in [2.24, 2.45) is 5.92 Å². The number of benzene rings is 3. The first-order valence-electron chi connectivity index (χ1n) is 11.9. The third kappa shape index (κ3) is 3.93. The van der Waals surface area contributed by atoms with Crippen molar-refractivity contribution in [1.82, 2.24) is 9.78 Å². The number of hydrogen-bond donors (Lipinski definition) is 0. The molecule has 1 aliphatic carbocycles. The summed E-state index contributed by atoms with van der Waals surface area (Å²) in [7, 11) is 0. The van der Waals surface area contributed by atoms with Crippen molar-refractivity contribution in [2.75, 3.05) is 0 Å². The Morgan fingerprint density at radius 1 is 0.970 bits per heavy atom. The highest BCUT2D eigenvalue weighted by Gasteiger charge is 2.35. The van der Waals surface area contributed by atoms with E-state index in [4.69, 9.17) is 5.10 Å². The summed E-state index contributed by atoms with van der Waals surface area (Å²) in [4.78, 5) is 13.5. The molecule has 0 saturated carbocycles. The summed E-state index contributed by atoms with van der Waals surface area (Å²) >= 11 is 0. The molecule has 0 unspecified atom stereocenters. The Kier molecular flexibility index (Phi) is 5.72. The molecule has 0 fully saturated rings. The van der Waals surface area contributed by atoms with Gasteiger partial charge in [0.25, 0.3) is 5.91 Å². The fraction of sp³-hybridized carbons (Fsp3) is 0.267. The van der Waals surface area contributed by atoms with Gasteiger partial charge < -0.3 is 0 Å². The van der Waals surface area contributed by atoms with Gasteiger partial charge in [-0.05, 0) is 47.1 Å². The highest BCUT2D eigenvalue weighted by molar-refractivity contribution is 5.98. The lowest BCUT2D eigenvalue weighted by Crippen LogP contribution is -2.23. The van der Waals surface area contributed by atoms with Crippen LogP contribution in [0.5, 0.6) is 0 Å². The van der Waals surface area contributed by atoms with Crippen molar-refractivity contribution in [3.63, 3.8) is 0 Å². The summed E-state index contributed by atoms with van der Waals surface area (Å²) in [6.45, 7) is 6.79. The number of rotatable bonds is 4. The van der Waals surface area contributed by atoms with E-state index in [1.54, 1.807) is 10.8 Å². The first-order valence-corrected chi connectivity index (χ1v) is 11.9. The van der Waals surface area contributed by atoms with Crippen LogP contribution in [0.3, 0.4) is 0 Å². The highest BCUT2D eigenvalue weighted by Crippen LogP contribution is 2.47. The minimum Gasteiger partial charge on any atom is -0.267 e. The Morgan fingerprint density at radius 3 is 2.48 bits per heavy atom. The van der Waals surface area contributed by atoms with Crippen LogP contribution in [0.1, 0.15) is 67.1 Å². The Bertz CT molecular complexity index is 1320. The molecular weight excluding hydrogens is 404 g/mol. The van der Waals surface area contributed by atoms with Crippen LogP contribution in [0.15, 0.2) is 78.9 Å². The monoisotopic (exact) mass is 434 g/mol. The summed E-state index contributed by atoms with van der Waals surface area (Å²) in [5.74, 6) is 1.05. The van der Waals surface area contributed by atoms with Crippen LogP contribution in [-0.4, -0.2) is 15.7 Å². The van der Waals surface area contributed by atoms with E-state index >= 15 is 0 Å². The molecule has 3 heteroatoms. The van der Waals surface area contributed by atoms with E-state index in [-0.39, 0.29) is 5.91 Å². The van der Waals surface area contributed by atoms with Crippen LogP contribution in [0.25, 0.3) is 28.1 Å². The second-order valence-corrected chi connectivity index (χ2v) is 9.50. The van der Waals surface area contributed by atoms with Crippen molar-refractivity contribution in [1.29, 1.82) is 0 Å². The lowest BCUT2D eigenvalue weighted by atomic mass is 9.75. The van der Waals surface area contributed by atoms with E-state index in [0.717, 1.165) is 35.4 Å². The van der Waals surface area contributed by atoms with Crippen molar-refractivity contribution in [3.8, 4) is 11.3 Å². The maximum atomic E-state index is 13.5. The maximum Gasteiger partial charge on any atom is 0.271 e. The smallest absolute Gasteiger partial charge is 0.267 e. The average molecular weight is 435 g/mol. The van der Waals surface area contributed by atoms with Gasteiger partial charge in [-0.3, -0.25) is 4.79 Å². The number of hydrogen-bond acceptors (Lipinski definition) is 2. The number of allylic oxidation sites excluding steroid dienone is 1. The molecule has 0 aliphatic heterocycles. The zero-order valence-electron chi connectivity index (χ0n) is 19.5. The second-order valence-electron chi connectivity index (χ2n) is 9.50. The molecular formula is C30H30N2O. The average Bonchev–Trinajstić information content (AvgIpc) is 3.24. The molecule has 4 aromatic rings. The standard InChI is InChI=1S/C30H30N2O/c1-20(2)24-18-16-21(3)28-29(26-15-9-13-23-12-7-8-14-25(23)26)31-32(30(24)28)27(33)19-17-22-10-5-4-6-11-22/h4-15,17,19-21,24H,16,18H2,1-3H3/b19-17-/t21-,24+/m1/s1. The summed E-state index contributed by atoms with van der Waals surface area (Å²) in [5.41, 5.74) is 5.43. The van der Waals surface area contributed by atoms with Gasteiger partial charge in [0.1, 0.15) is 0 Å². The summed E-state index contributed by atoms with van der Waals surface area (Å²) in [5, 5.41) is 7.39. The predicted octanol–water partition coefficient (Wildman–Crippen LogP) is 7.69. The van der Waals surface area contributed by atoms with E-state index in [1.807, 2.05) is 36.4 Å². The van der Waals surface area contributed by atoms with Gasteiger partial charge in [-0.1, -0.05) is 93.6 Å². The third-order valence-electron chi connectivity index (χ3n) is 6.99. The zero-order chi connectivity index (χ0) is 22.9. The largest absolute Gasteiger partial charge is 0.271 e. The summed E-state index contributed by atoms with van der Waals surface area (Å²) in [6, 6.07) is 24.7. The molecule has 33 heavy (non-hydrogen) atoms. The number of aromatic nitrogens is 2. The molecule has 0 spiro atoms. The van der Waals surface area contributed by atoms with Gasteiger partial charge in [-0.2, -0.15) is 5.10 Å². The van der Waals surface area contributed by atoms with E-state index in [9.17, 15) is 4.79 Å². The van der Waals surface area contributed by atoms with Gasteiger partial charge in [0.2, 0.25) is 0 Å². The quantitative estimate of drug-likeness (QED) is 0.309. The van der Waals surface area contributed by atoms with E-state index in [0.29, 0.717) is 17.8 Å². The minimum atomic E-state index is -0.0821. The van der Waals surface area contributed by atoms with Crippen LogP contribution in [0.4, 0.5) is 0 Å². The zero-order valence-corrected chi connectivity index (χ0v) is 19.5. The topological polar surface area (TPSA) is 34.9 Å². The van der Waals surface area contributed by atoms with Crippen molar-refractivity contribution >= 4 is 22.8 Å². The number of carbonyl (C=O) groups excluding carboxylic acids is 1. The second kappa shape index (κ2) is 8.82. The number of carbonyl (C=O) groups is 1. The lowest BCUT2D eigenvalue weighted by molar-refractivity contribution is 0.0947. The Morgan fingerprint density at radius 2 is 1.70 bits per heavy atom. The van der Waals surface area contributed by atoms with Gasteiger partial charge in [-0.25, -0.2) is 4.68 Å². The van der Waals surface area contributed by atoms with E-state index in [1.165, 1.54) is 16.3 Å². The van der Waals surface area contributed by atoms with Gasteiger partial charge in [-0.15, -0.1) is 0 Å². The minimum absolute atomic E-state index is 0.0821. The van der Waals surface area contributed by atoms with Crippen molar-refractivity contribution < 1.29 is 4.79 Å². The fourth-order valence-electron chi connectivity index (χ4n) is 5.25. The molecule has 0 N–H and O–H groups in total. The first-order chi connectivity index (χ1) is 16.0. The normalized spacial score (nSPS) is 18.2. The molecule has 1 aliphatic rings. The molecule has 0 radical (unpaired) electrons. The molecule has 3 nitrogen and oxygen atoms in total. The lowest BCUT2D eigenvalue weighted by Gasteiger charge is -2.30. The Labute approximate surface area is 195 Å². The van der Waals surface area contributed by atoms with Crippen molar-refractivity contribution in [2.45, 2.75) is 45.4 Å². The fourth-order valence-corrected chi connectivity index (χ4v) is 5.25. The summed E-state index contributed by atoms with van der Waals surface area (Å²) < 4.78 is 1.70. The molecule has 1 aromatic heterocycles. The molecule has 0 amide bonds. The number of fused-ring (bicyclic) bond motifs is 2. The first kappa shape index (κ1) is 21.4. The number of nitrogens with zero attached hydrogens (tertiary/aromatic N) is 2. The van der Waals surface area contributed by atoms with Crippen LogP contribution in [-0.2, 0) is 0 Å². The Balaban J connectivity index is 1.70. The van der Waals surface area contributed by atoms with Gasteiger partial charge in [0.15, 0.2) is 0 Å². The molecule has 3 aromatic carbocycles. The molecule has 1 heterocycles. The highest BCUT2D eigenvalue weighted by atomic mass is 16.2. The van der Waals surface area contributed by atoms with Crippen LogP contribution in [0.2, 0.25) is 0 Å². The van der Waals surface area contributed by atoms with Crippen LogP contribution < -0.4 is 0 Å². The Hall–Kier alpha value is -3.46. The summed E-state index contributed by atoms with van der Waals surface area (Å²) in [6.07, 6.45) is 5.74. The molecule has 2 atom stereocenters. The van der Waals surface area contributed by atoms with E-state index < -0.39 is 0 Å². The molecule has 166 valence electrons.